The van der Waals surface area contributed by atoms with E-state index in [1.165, 1.54) is 64.2 Å². The molecule has 6 nitrogen and oxygen atoms in total. The summed E-state index contributed by atoms with van der Waals surface area (Å²) in [4.78, 5) is 30.9. The maximum atomic E-state index is 13.4. The van der Waals surface area contributed by atoms with Gasteiger partial charge in [-0.25, -0.2) is 0 Å². The van der Waals surface area contributed by atoms with E-state index in [2.05, 4.69) is 9.80 Å². The molecular formula is C22H39N3O3. The molecule has 0 aromatic carbocycles. The van der Waals surface area contributed by atoms with Crippen molar-refractivity contribution < 1.29 is 14.7 Å². The van der Waals surface area contributed by atoms with Crippen LogP contribution in [0.3, 0.4) is 0 Å². The standard InChI is InChI=1S/C22H39N3O3/c1-23(17-22(27)28)18-12-14-24(15-13-18)16-21(26)25(19-8-4-2-5-9-19)20-10-6-3-7-11-20/h18-20H,2-17H2,1H3,(H,27,28). The zero-order chi connectivity index (χ0) is 19.9. The molecule has 0 spiro atoms. The maximum absolute atomic E-state index is 13.4. The normalized spacial score (nSPS) is 23.8. The van der Waals surface area contributed by atoms with E-state index >= 15 is 0 Å². The lowest BCUT2D eigenvalue weighted by atomic mass is 9.88. The van der Waals surface area contributed by atoms with Crippen molar-refractivity contribution in [3.05, 3.63) is 0 Å². The van der Waals surface area contributed by atoms with E-state index in [0.29, 0.717) is 30.6 Å². The molecule has 2 saturated carbocycles. The Labute approximate surface area is 170 Å². The Morgan fingerprint density at radius 1 is 0.821 bits per heavy atom. The zero-order valence-corrected chi connectivity index (χ0v) is 17.7. The molecule has 6 heteroatoms. The molecular weight excluding hydrogens is 354 g/mol. The minimum Gasteiger partial charge on any atom is -0.480 e. The third-order valence-electron chi connectivity index (χ3n) is 7.15. The third-order valence-corrected chi connectivity index (χ3v) is 7.15. The summed E-state index contributed by atoms with van der Waals surface area (Å²) in [5.41, 5.74) is 0. The minimum absolute atomic E-state index is 0.0980. The summed E-state index contributed by atoms with van der Waals surface area (Å²) in [6.45, 7) is 2.43. The van der Waals surface area contributed by atoms with Crippen molar-refractivity contribution in [3.63, 3.8) is 0 Å². The molecule has 1 N–H and O–H groups in total. The summed E-state index contributed by atoms with van der Waals surface area (Å²) in [5.74, 6) is -0.424. The number of hydrogen-bond acceptors (Lipinski definition) is 4. The maximum Gasteiger partial charge on any atom is 0.317 e. The highest BCUT2D eigenvalue weighted by atomic mass is 16.4. The van der Waals surface area contributed by atoms with E-state index in [-0.39, 0.29) is 6.54 Å². The van der Waals surface area contributed by atoms with Crippen LogP contribution in [0.15, 0.2) is 0 Å². The van der Waals surface area contributed by atoms with Crippen LogP contribution in [0.2, 0.25) is 0 Å². The number of carbonyl (C=O) groups excluding carboxylic acids is 1. The molecule has 3 rings (SSSR count). The molecule has 0 aromatic heterocycles. The van der Waals surface area contributed by atoms with Gasteiger partial charge in [0.25, 0.3) is 0 Å². The van der Waals surface area contributed by atoms with Crippen LogP contribution in [-0.4, -0.2) is 83.0 Å². The van der Waals surface area contributed by atoms with Crippen molar-refractivity contribution in [1.29, 1.82) is 0 Å². The molecule has 1 aliphatic heterocycles. The number of nitrogens with zero attached hydrogens (tertiary/aromatic N) is 3. The minimum atomic E-state index is -0.768. The van der Waals surface area contributed by atoms with Crippen molar-refractivity contribution in [2.75, 3.05) is 33.2 Å². The number of carbonyl (C=O) groups is 2. The van der Waals surface area contributed by atoms with E-state index < -0.39 is 5.97 Å². The molecule has 0 aromatic rings. The number of carboxylic acid groups (broad SMARTS) is 1. The Morgan fingerprint density at radius 3 is 1.79 bits per heavy atom. The second-order valence-electron chi connectivity index (χ2n) is 9.20. The predicted molar refractivity (Wildman–Crippen MR) is 110 cm³/mol. The quantitative estimate of drug-likeness (QED) is 0.720. The first kappa shape index (κ1) is 21.6. The van der Waals surface area contributed by atoms with Crippen LogP contribution < -0.4 is 0 Å². The second-order valence-corrected chi connectivity index (χ2v) is 9.20. The van der Waals surface area contributed by atoms with Gasteiger partial charge in [-0.05, 0) is 45.6 Å². The number of aliphatic carboxylic acids is 1. The lowest BCUT2D eigenvalue weighted by Gasteiger charge is -2.43. The zero-order valence-electron chi connectivity index (χ0n) is 17.7. The highest BCUT2D eigenvalue weighted by Gasteiger charge is 2.34. The summed E-state index contributed by atoms with van der Waals surface area (Å²) in [5, 5.41) is 8.99. The summed E-state index contributed by atoms with van der Waals surface area (Å²) >= 11 is 0. The van der Waals surface area contributed by atoms with E-state index in [9.17, 15) is 9.59 Å². The number of piperidine rings is 1. The number of rotatable bonds is 7. The topological polar surface area (TPSA) is 64.1 Å². The smallest absolute Gasteiger partial charge is 0.317 e. The van der Waals surface area contributed by atoms with Crippen molar-refractivity contribution >= 4 is 11.9 Å². The van der Waals surface area contributed by atoms with Gasteiger partial charge in [-0.1, -0.05) is 38.5 Å². The summed E-state index contributed by atoms with van der Waals surface area (Å²) < 4.78 is 0. The fraction of sp³-hybridized carbons (Fsp3) is 0.909. The van der Waals surface area contributed by atoms with Crippen LogP contribution in [0.25, 0.3) is 0 Å². The van der Waals surface area contributed by atoms with E-state index in [0.717, 1.165) is 25.9 Å². The molecule has 0 radical (unpaired) electrons. The molecule has 0 bridgehead atoms. The molecule has 28 heavy (non-hydrogen) atoms. The van der Waals surface area contributed by atoms with Crippen LogP contribution in [-0.2, 0) is 9.59 Å². The van der Waals surface area contributed by atoms with E-state index in [1.807, 2.05) is 11.9 Å². The number of likely N-dealkylation sites (N-methyl/N-ethyl adjacent to an activating group) is 1. The van der Waals surface area contributed by atoms with Gasteiger partial charge >= 0.3 is 5.97 Å². The Balaban J connectivity index is 1.54. The molecule has 3 fully saturated rings. The van der Waals surface area contributed by atoms with Crippen molar-refractivity contribution in [2.24, 2.45) is 0 Å². The average molecular weight is 394 g/mol. The highest BCUT2D eigenvalue weighted by molar-refractivity contribution is 5.79. The highest BCUT2D eigenvalue weighted by Crippen LogP contribution is 2.30. The van der Waals surface area contributed by atoms with E-state index in [1.54, 1.807) is 0 Å². The summed E-state index contributed by atoms with van der Waals surface area (Å²) in [7, 11) is 1.90. The summed E-state index contributed by atoms with van der Waals surface area (Å²) in [6.07, 6.45) is 14.3. The van der Waals surface area contributed by atoms with Gasteiger partial charge in [-0.3, -0.25) is 19.4 Å². The molecule has 0 atom stereocenters. The van der Waals surface area contributed by atoms with Crippen LogP contribution in [0.4, 0.5) is 0 Å². The van der Waals surface area contributed by atoms with Gasteiger partial charge in [-0.15, -0.1) is 0 Å². The average Bonchev–Trinajstić information content (AvgIpc) is 2.70. The fourth-order valence-electron chi connectivity index (χ4n) is 5.56. The van der Waals surface area contributed by atoms with Crippen molar-refractivity contribution in [2.45, 2.75) is 95.2 Å². The fourth-order valence-corrected chi connectivity index (χ4v) is 5.56. The van der Waals surface area contributed by atoms with Gasteiger partial charge in [0.15, 0.2) is 0 Å². The Morgan fingerprint density at radius 2 is 1.32 bits per heavy atom. The van der Waals surface area contributed by atoms with Crippen molar-refractivity contribution in [1.82, 2.24) is 14.7 Å². The van der Waals surface area contributed by atoms with Gasteiger partial charge in [0.05, 0.1) is 13.1 Å². The Kier molecular flexibility index (Phi) is 8.15. The lowest BCUT2D eigenvalue weighted by Crippen LogP contribution is -2.53. The number of hydrogen-bond donors (Lipinski definition) is 1. The molecule has 0 unspecified atom stereocenters. The number of amides is 1. The molecule has 3 aliphatic rings. The molecule has 2 aliphatic carbocycles. The lowest BCUT2D eigenvalue weighted by molar-refractivity contribution is -0.139. The third kappa shape index (κ3) is 5.93. The first-order valence-corrected chi connectivity index (χ1v) is 11.5. The van der Waals surface area contributed by atoms with E-state index in [4.69, 9.17) is 5.11 Å². The molecule has 1 saturated heterocycles. The molecule has 1 amide bonds. The van der Waals surface area contributed by atoms with Crippen LogP contribution in [0.1, 0.15) is 77.0 Å². The largest absolute Gasteiger partial charge is 0.480 e. The number of likely N-dealkylation sites (tertiary alicyclic amines) is 1. The van der Waals surface area contributed by atoms with Crippen LogP contribution in [0, 0.1) is 0 Å². The Bertz CT molecular complexity index is 489. The van der Waals surface area contributed by atoms with Crippen LogP contribution >= 0.6 is 0 Å². The first-order chi connectivity index (χ1) is 13.5. The Hall–Kier alpha value is -1.14. The monoisotopic (exact) mass is 393 g/mol. The van der Waals surface area contributed by atoms with Crippen molar-refractivity contribution in [3.8, 4) is 0 Å². The second kappa shape index (κ2) is 10.6. The molecule has 1 heterocycles. The van der Waals surface area contributed by atoms with Gasteiger partial charge < -0.3 is 10.0 Å². The van der Waals surface area contributed by atoms with Gasteiger partial charge in [-0.2, -0.15) is 0 Å². The van der Waals surface area contributed by atoms with Gasteiger partial charge in [0.2, 0.25) is 5.91 Å². The predicted octanol–water partition coefficient (Wildman–Crippen LogP) is 2.96. The van der Waals surface area contributed by atoms with Crippen LogP contribution in [0.5, 0.6) is 0 Å². The number of carboxylic acids is 1. The molecule has 160 valence electrons. The van der Waals surface area contributed by atoms with Gasteiger partial charge in [0.1, 0.15) is 0 Å². The van der Waals surface area contributed by atoms with Gasteiger partial charge in [0, 0.05) is 31.2 Å². The summed E-state index contributed by atoms with van der Waals surface area (Å²) in [6, 6.07) is 1.24. The SMILES string of the molecule is CN(CC(=O)O)C1CCN(CC(=O)N(C2CCCCC2)C2CCCCC2)CC1. The first-order valence-electron chi connectivity index (χ1n) is 11.5.